The molecule has 1 aliphatic rings. The number of aliphatic hydroxyl groups is 1. The van der Waals surface area contributed by atoms with Gasteiger partial charge in [-0.2, -0.15) is 0 Å². The summed E-state index contributed by atoms with van der Waals surface area (Å²) in [4.78, 5) is 21.7. The van der Waals surface area contributed by atoms with E-state index in [0.29, 0.717) is 12.8 Å². The minimum absolute atomic E-state index is 0.427. The Hall–Kier alpha value is -1.72. The van der Waals surface area contributed by atoms with Crippen LogP contribution in [0.3, 0.4) is 0 Å². The van der Waals surface area contributed by atoms with Crippen molar-refractivity contribution in [2.24, 2.45) is 0 Å². The van der Waals surface area contributed by atoms with Crippen LogP contribution in [0.1, 0.15) is 23.6 Å². The molecule has 3 N–H and O–H groups in total. The molecule has 1 aromatic rings. The second kappa shape index (κ2) is 4.27. The number of fused-ring (bicyclic) bond motifs is 1. The van der Waals surface area contributed by atoms with Gasteiger partial charge in [-0.25, -0.2) is 4.79 Å². The summed E-state index contributed by atoms with van der Waals surface area (Å²) in [7, 11) is 0. The Bertz CT molecular complexity index is 460. The van der Waals surface area contributed by atoms with Crippen LogP contribution in [-0.2, 0) is 16.1 Å². The molecule has 17 heavy (non-hydrogen) atoms. The third-order valence-electron chi connectivity index (χ3n) is 3.11. The number of nitrogens with one attached hydrogen (secondary N) is 1. The number of carboxylic acid groups (broad SMARTS) is 1. The van der Waals surface area contributed by atoms with Gasteiger partial charge in [0.15, 0.2) is 5.60 Å². The zero-order valence-corrected chi connectivity index (χ0v) is 9.09. The molecule has 2 unspecified atom stereocenters. The van der Waals surface area contributed by atoms with Crippen LogP contribution in [0.5, 0.6) is 0 Å². The highest BCUT2D eigenvalue weighted by Crippen LogP contribution is 2.35. The van der Waals surface area contributed by atoms with Crippen LogP contribution in [0.4, 0.5) is 0 Å². The third-order valence-corrected chi connectivity index (χ3v) is 3.11. The van der Waals surface area contributed by atoms with E-state index in [9.17, 15) is 14.7 Å². The molecule has 0 aromatic heterocycles. The van der Waals surface area contributed by atoms with E-state index in [1.807, 2.05) is 12.1 Å². The van der Waals surface area contributed by atoms with Crippen molar-refractivity contribution in [1.82, 2.24) is 5.32 Å². The SMILES string of the molecule is O=CCC(O)(C(=O)O)C1NCc2ccccc21. The second-order valence-electron chi connectivity index (χ2n) is 4.11. The molecule has 0 saturated carbocycles. The summed E-state index contributed by atoms with van der Waals surface area (Å²) < 4.78 is 0. The molecule has 0 spiro atoms. The van der Waals surface area contributed by atoms with E-state index in [2.05, 4.69) is 5.32 Å². The standard InChI is InChI=1S/C12H13NO4/c14-6-5-12(17,11(15)16)10-9-4-2-1-3-8(9)7-13-10/h1-4,6,10,13,17H,5,7H2,(H,15,16). The van der Waals surface area contributed by atoms with Crippen molar-refractivity contribution in [2.75, 3.05) is 0 Å². The lowest BCUT2D eigenvalue weighted by molar-refractivity contribution is -0.163. The van der Waals surface area contributed by atoms with Gasteiger partial charge in [-0.15, -0.1) is 0 Å². The van der Waals surface area contributed by atoms with Gasteiger partial charge in [0.05, 0.1) is 6.04 Å². The Morgan fingerprint density at radius 2 is 2.24 bits per heavy atom. The fraction of sp³-hybridized carbons (Fsp3) is 0.333. The smallest absolute Gasteiger partial charge is 0.338 e. The monoisotopic (exact) mass is 235 g/mol. The van der Waals surface area contributed by atoms with Crippen LogP contribution >= 0.6 is 0 Å². The summed E-state index contributed by atoms with van der Waals surface area (Å²) >= 11 is 0. The molecule has 2 atom stereocenters. The van der Waals surface area contributed by atoms with Gasteiger partial charge < -0.3 is 20.3 Å². The summed E-state index contributed by atoms with van der Waals surface area (Å²) in [6.07, 6.45) is -0.00886. The molecule has 1 aliphatic heterocycles. The lowest BCUT2D eigenvalue weighted by Crippen LogP contribution is -2.48. The quantitative estimate of drug-likeness (QED) is 0.650. The van der Waals surface area contributed by atoms with Crippen LogP contribution in [0.15, 0.2) is 24.3 Å². The van der Waals surface area contributed by atoms with E-state index >= 15 is 0 Å². The van der Waals surface area contributed by atoms with Crippen molar-refractivity contribution < 1.29 is 19.8 Å². The van der Waals surface area contributed by atoms with Gasteiger partial charge >= 0.3 is 5.97 Å². The molecule has 5 nitrogen and oxygen atoms in total. The molecule has 0 amide bonds. The van der Waals surface area contributed by atoms with Crippen molar-refractivity contribution in [3.8, 4) is 0 Å². The van der Waals surface area contributed by atoms with Gasteiger partial charge in [0.2, 0.25) is 0 Å². The maximum absolute atomic E-state index is 11.2. The molecule has 0 saturated heterocycles. The van der Waals surface area contributed by atoms with Crippen molar-refractivity contribution in [3.05, 3.63) is 35.4 Å². The second-order valence-corrected chi connectivity index (χ2v) is 4.11. The maximum atomic E-state index is 11.2. The van der Waals surface area contributed by atoms with Crippen LogP contribution < -0.4 is 5.32 Å². The first-order valence-corrected chi connectivity index (χ1v) is 5.30. The van der Waals surface area contributed by atoms with E-state index in [1.165, 1.54) is 0 Å². The first-order chi connectivity index (χ1) is 8.09. The minimum Gasteiger partial charge on any atom is -0.479 e. The molecule has 0 fully saturated rings. The van der Waals surface area contributed by atoms with Crippen molar-refractivity contribution in [2.45, 2.75) is 24.6 Å². The van der Waals surface area contributed by atoms with Crippen LogP contribution in [-0.4, -0.2) is 28.1 Å². The molecule has 0 radical (unpaired) electrons. The minimum atomic E-state index is -2.09. The average molecular weight is 235 g/mol. The largest absolute Gasteiger partial charge is 0.479 e. The lowest BCUT2D eigenvalue weighted by atomic mass is 9.86. The number of benzene rings is 1. The highest BCUT2D eigenvalue weighted by molar-refractivity contribution is 5.82. The summed E-state index contributed by atoms with van der Waals surface area (Å²) in [6, 6.07) is 6.51. The lowest BCUT2D eigenvalue weighted by Gasteiger charge is -2.28. The van der Waals surface area contributed by atoms with E-state index in [4.69, 9.17) is 5.11 Å². The Labute approximate surface area is 98.1 Å². The Balaban J connectivity index is 2.41. The molecule has 1 aromatic carbocycles. The Morgan fingerprint density at radius 3 is 2.88 bits per heavy atom. The normalized spacial score (nSPS) is 21.6. The number of carbonyl (C=O) groups excluding carboxylic acids is 1. The summed E-state index contributed by atoms with van der Waals surface area (Å²) in [5.74, 6) is -1.39. The maximum Gasteiger partial charge on any atom is 0.338 e. The third kappa shape index (κ3) is 1.83. The van der Waals surface area contributed by atoms with Gasteiger partial charge in [0, 0.05) is 13.0 Å². The van der Waals surface area contributed by atoms with E-state index in [0.717, 1.165) is 11.1 Å². The van der Waals surface area contributed by atoms with Crippen LogP contribution in [0.25, 0.3) is 0 Å². The molecule has 0 aliphatic carbocycles. The molecule has 2 rings (SSSR count). The summed E-state index contributed by atoms with van der Waals surface area (Å²) in [6.45, 7) is 0.495. The molecule has 5 heteroatoms. The highest BCUT2D eigenvalue weighted by Gasteiger charge is 2.47. The van der Waals surface area contributed by atoms with Crippen molar-refractivity contribution >= 4 is 12.3 Å². The zero-order valence-electron chi connectivity index (χ0n) is 9.09. The van der Waals surface area contributed by atoms with Gasteiger partial charge in [-0.1, -0.05) is 24.3 Å². The van der Waals surface area contributed by atoms with Crippen molar-refractivity contribution in [1.29, 1.82) is 0 Å². The first kappa shape index (κ1) is 11.8. The fourth-order valence-corrected chi connectivity index (χ4v) is 2.18. The Kier molecular flexibility index (Phi) is 2.95. The van der Waals surface area contributed by atoms with E-state index in [-0.39, 0.29) is 0 Å². The number of carboxylic acids is 1. The van der Waals surface area contributed by atoms with Gasteiger partial charge in [-0.3, -0.25) is 0 Å². The van der Waals surface area contributed by atoms with Crippen molar-refractivity contribution in [3.63, 3.8) is 0 Å². The molecule has 0 bridgehead atoms. The first-order valence-electron chi connectivity index (χ1n) is 5.30. The summed E-state index contributed by atoms with van der Waals surface area (Å²) in [5.41, 5.74) is -0.406. The topological polar surface area (TPSA) is 86.6 Å². The number of hydrogen-bond acceptors (Lipinski definition) is 4. The summed E-state index contributed by atoms with van der Waals surface area (Å²) in [5, 5.41) is 22.2. The number of carbonyl (C=O) groups is 2. The number of aliphatic carboxylic acids is 1. The van der Waals surface area contributed by atoms with E-state index in [1.54, 1.807) is 12.1 Å². The molecular formula is C12H13NO4. The fourth-order valence-electron chi connectivity index (χ4n) is 2.18. The number of hydrogen-bond donors (Lipinski definition) is 3. The Morgan fingerprint density at radius 1 is 1.53 bits per heavy atom. The molecule has 90 valence electrons. The highest BCUT2D eigenvalue weighted by atomic mass is 16.4. The average Bonchev–Trinajstić information content (AvgIpc) is 2.73. The van der Waals surface area contributed by atoms with Gasteiger partial charge in [0.1, 0.15) is 6.29 Å². The predicted octanol–water partition coefficient (Wildman–Crippen LogP) is 0.236. The molecule has 1 heterocycles. The van der Waals surface area contributed by atoms with E-state index < -0.39 is 24.0 Å². The zero-order chi connectivity index (χ0) is 12.5. The number of rotatable bonds is 4. The number of aldehydes is 1. The predicted molar refractivity (Wildman–Crippen MR) is 59.3 cm³/mol. The van der Waals surface area contributed by atoms with Crippen LogP contribution in [0, 0.1) is 0 Å². The van der Waals surface area contributed by atoms with Crippen LogP contribution in [0.2, 0.25) is 0 Å². The van der Waals surface area contributed by atoms with Gasteiger partial charge in [0.25, 0.3) is 0 Å². The molecular weight excluding hydrogens is 222 g/mol. The van der Waals surface area contributed by atoms with Gasteiger partial charge in [-0.05, 0) is 11.1 Å².